The van der Waals surface area contributed by atoms with Gasteiger partial charge >= 0.3 is 0 Å². The van der Waals surface area contributed by atoms with E-state index >= 15 is 0 Å². The lowest BCUT2D eigenvalue weighted by Crippen LogP contribution is -2.37. The summed E-state index contributed by atoms with van der Waals surface area (Å²) < 4.78 is 7.41. The minimum absolute atomic E-state index is 0.136. The second-order valence-electron chi connectivity index (χ2n) is 7.93. The van der Waals surface area contributed by atoms with Gasteiger partial charge in [0.25, 0.3) is 0 Å². The molecule has 1 fully saturated rings. The van der Waals surface area contributed by atoms with Gasteiger partial charge in [-0.3, -0.25) is 9.48 Å². The molecule has 2 heterocycles. The van der Waals surface area contributed by atoms with Crippen molar-refractivity contribution in [1.29, 1.82) is 0 Å². The standard InChI is InChI=1S/C22H27BN8O2/c1-2-33-18-9-5-14(6-10-18)27-20-19(24)12-25-22(30-20)29-16-11-26-31(13-16)17-7-3-15(4-8-17)28-21(23)32/h5-6,9-13,15,17H,2-4,7-8,24H2,1H3,(H,28,32)(H2,25,27,29,30). The van der Waals surface area contributed by atoms with Crippen LogP contribution in [0, 0.1) is 0 Å². The van der Waals surface area contributed by atoms with Crippen LogP contribution < -0.4 is 26.4 Å². The number of nitrogens with zero attached hydrogens (tertiary/aromatic N) is 4. The summed E-state index contributed by atoms with van der Waals surface area (Å²) in [6, 6.07) is 7.98. The molecule has 1 aliphatic rings. The van der Waals surface area contributed by atoms with Crippen LogP contribution in [-0.4, -0.2) is 46.0 Å². The molecule has 0 atom stereocenters. The van der Waals surface area contributed by atoms with Gasteiger partial charge in [-0.25, -0.2) is 4.98 Å². The highest BCUT2D eigenvalue weighted by molar-refractivity contribution is 6.57. The normalized spacial score (nSPS) is 17.8. The Morgan fingerprint density at radius 2 is 1.91 bits per heavy atom. The Morgan fingerprint density at radius 1 is 1.15 bits per heavy atom. The van der Waals surface area contributed by atoms with Gasteiger partial charge in [0, 0.05) is 17.9 Å². The minimum Gasteiger partial charge on any atom is -0.494 e. The molecule has 3 aromatic rings. The van der Waals surface area contributed by atoms with Crippen LogP contribution >= 0.6 is 0 Å². The van der Waals surface area contributed by atoms with E-state index in [1.54, 1.807) is 12.4 Å². The summed E-state index contributed by atoms with van der Waals surface area (Å²) in [5.41, 5.74) is 8.12. The van der Waals surface area contributed by atoms with Gasteiger partial charge in [0.15, 0.2) is 11.6 Å². The number of rotatable bonds is 8. The molecule has 0 saturated heterocycles. The number of benzene rings is 1. The molecule has 0 unspecified atom stereocenters. The zero-order chi connectivity index (χ0) is 23.2. The van der Waals surface area contributed by atoms with Crippen molar-refractivity contribution in [2.45, 2.75) is 44.7 Å². The maximum Gasteiger partial charge on any atom is 0.229 e. The number of aromatic nitrogens is 4. The largest absolute Gasteiger partial charge is 0.494 e. The van der Waals surface area contributed by atoms with Crippen LogP contribution in [0.1, 0.15) is 38.6 Å². The van der Waals surface area contributed by atoms with E-state index in [0.717, 1.165) is 42.8 Å². The third-order valence-electron chi connectivity index (χ3n) is 5.52. The molecule has 10 nitrogen and oxygen atoms in total. The van der Waals surface area contributed by atoms with E-state index in [-0.39, 0.29) is 12.1 Å². The summed E-state index contributed by atoms with van der Waals surface area (Å²) in [6.07, 6.45) is 8.82. The van der Waals surface area contributed by atoms with Crippen LogP contribution in [0.4, 0.5) is 33.6 Å². The number of anilines is 5. The number of nitrogens with one attached hydrogen (secondary N) is 3. The van der Waals surface area contributed by atoms with Crippen molar-refractivity contribution in [1.82, 2.24) is 25.1 Å². The Labute approximate surface area is 193 Å². The molecule has 2 aromatic heterocycles. The lowest BCUT2D eigenvalue weighted by atomic mass is 9.90. The van der Waals surface area contributed by atoms with Crippen LogP contribution in [0.5, 0.6) is 5.75 Å². The maximum atomic E-state index is 11.0. The zero-order valence-electron chi connectivity index (χ0n) is 18.5. The summed E-state index contributed by atoms with van der Waals surface area (Å²) in [6.45, 7) is 2.56. The molecule has 1 amide bonds. The van der Waals surface area contributed by atoms with Crippen molar-refractivity contribution < 1.29 is 9.53 Å². The molecule has 1 saturated carbocycles. The summed E-state index contributed by atoms with van der Waals surface area (Å²) in [4.78, 5) is 19.8. The predicted molar refractivity (Wildman–Crippen MR) is 128 cm³/mol. The highest BCUT2D eigenvalue weighted by atomic mass is 16.5. The Kier molecular flexibility index (Phi) is 6.96. The molecule has 2 radical (unpaired) electrons. The summed E-state index contributed by atoms with van der Waals surface area (Å²) in [7, 11) is 5.22. The fraction of sp³-hybridized carbons (Fsp3) is 0.364. The smallest absolute Gasteiger partial charge is 0.229 e. The topological polar surface area (TPSA) is 132 Å². The third kappa shape index (κ3) is 5.94. The number of amides is 1. The number of carbonyl (C=O) groups excluding carboxylic acids is 1. The fourth-order valence-corrected chi connectivity index (χ4v) is 3.91. The van der Waals surface area contributed by atoms with Crippen LogP contribution in [0.25, 0.3) is 0 Å². The second-order valence-corrected chi connectivity index (χ2v) is 7.93. The van der Waals surface area contributed by atoms with E-state index in [9.17, 15) is 4.79 Å². The molecule has 0 aliphatic heterocycles. The van der Waals surface area contributed by atoms with Gasteiger partial charge in [-0.2, -0.15) is 10.1 Å². The fourth-order valence-electron chi connectivity index (χ4n) is 3.91. The number of ether oxygens (including phenoxy) is 1. The lowest BCUT2D eigenvalue weighted by molar-refractivity contribution is 0.243. The SMILES string of the molecule is [B]C(=O)NC1CCC(n2cc(Nc3ncc(N)c(Nc4ccc(OCC)cc4)n3)cn2)CC1. The highest BCUT2D eigenvalue weighted by Gasteiger charge is 2.23. The van der Waals surface area contributed by atoms with Crippen molar-refractivity contribution >= 4 is 42.5 Å². The van der Waals surface area contributed by atoms with Crippen molar-refractivity contribution in [3.8, 4) is 5.75 Å². The first-order valence-electron chi connectivity index (χ1n) is 11.0. The van der Waals surface area contributed by atoms with E-state index in [2.05, 4.69) is 31.0 Å². The first kappa shape index (κ1) is 22.4. The average Bonchev–Trinajstić information content (AvgIpc) is 3.26. The van der Waals surface area contributed by atoms with Crippen LogP contribution in [0.2, 0.25) is 0 Å². The van der Waals surface area contributed by atoms with Gasteiger partial charge in [0.2, 0.25) is 13.8 Å². The lowest BCUT2D eigenvalue weighted by Gasteiger charge is -2.29. The van der Waals surface area contributed by atoms with Gasteiger partial charge in [-0.1, -0.05) is 0 Å². The van der Waals surface area contributed by atoms with Gasteiger partial charge in [-0.15, -0.1) is 0 Å². The molecule has 170 valence electrons. The highest BCUT2D eigenvalue weighted by Crippen LogP contribution is 2.29. The van der Waals surface area contributed by atoms with Gasteiger partial charge in [0.1, 0.15) is 5.75 Å². The van der Waals surface area contributed by atoms with E-state index in [4.69, 9.17) is 18.3 Å². The van der Waals surface area contributed by atoms with Gasteiger partial charge in [-0.05, 0) is 56.9 Å². The summed E-state index contributed by atoms with van der Waals surface area (Å²) in [5, 5.41) is 13.7. The van der Waals surface area contributed by atoms with Crippen molar-refractivity contribution in [3.63, 3.8) is 0 Å². The molecule has 0 bridgehead atoms. The Hall–Kier alpha value is -3.76. The first-order valence-corrected chi connectivity index (χ1v) is 11.0. The molecular weight excluding hydrogens is 419 g/mol. The molecular formula is C22H27BN8O2. The molecule has 1 aliphatic carbocycles. The van der Waals surface area contributed by atoms with Crippen molar-refractivity contribution in [3.05, 3.63) is 42.9 Å². The monoisotopic (exact) mass is 446 g/mol. The predicted octanol–water partition coefficient (Wildman–Crippen LogP) is 3.50. The van der Waals surface area contributed by atoms with Gasteiger partial charge in [0.05, 0.1) is 36.4 Å². The van der Waals surface area contributed by atoms with Crippen molar-refractivity contribution in [2.24, 2.45) is 0 Å². The quantitative estimate of drug-likeness (QED) is 0.387. The average molecular weight is 446 g/mol. The second kappa shape index (κ2) is 10.2. The van der Waals surface area contributed by atoms with Crippen LogP contribution in [0.15, 0.2) is 42.9 Å². The van der Waals surface area contributed by atoms with E-state index < -0.39 is 5.81 Å². The third-order valence-corrected chi connectivity index (χ3v) is 5.52. The van der Waals surface area contributed by atoms with Crippen molar-refractivity contribution in [2.75, 3.05) is 23.0 Å². The number of carbonyl (C=O) groups is 1. The van der Waals surface area contributed by atoms with E-state index in [1.807, 2.05) is 42.1 Å². The minimum atomic E-state index is -0.469. The Balaban J connectivity index is 1.38. The molecule has 11 heteroatoms. The summed E-state index contributed by atoms with van der Waals surface area (Å²) in [5.74, 6) is 1.25. The van der Waals surface area contributed by atoms with E-state index in [1.165, 1.54) is 0 Å². The molecule has 4 rings (SSSR count). The first-order chi connectivity index (χ1) is 16.0. The Morgan fingerprint density at radius 3 is 2.61 bits per heavy atom. The zero-order valence-corrected chi connectivity index (χ0v) is 18.5. The molecule has 1 aromatic carbocycles. The molecule has 5 N–H and O–H groups in total. The molecule has 0 spiro atoms. The maximum absolute atomic E-state index is 11.0. The van der Waals surface area contributed by atoms with E-state index in [0.29, 0.717) is 24.1 Å². The Bertz CT molecular complexity index is 1080. The number of hydrogen-bond acceptors (Lipinski definition) is 8. The number of nitrogen functional groups attached to an aromatic ring is 1. The number of hydrogen-bond donors (Lipinski definition) is 4. The van der Waals surface area contributed by atoms with Crippen LogP contribution in [0.3, 0.4) is 0 Å². The molecule has 33 heavy (non-hydrogen) atoms. The number of nitrogens with two attached hydrogens (primary N) is 1. The summed E-state index contributed by atoms with van der Waals surface area (Å²) >= 11 is 0. The van der Waals surface area contributed by atoms with Gasteiger partial charge < -0.3 is 26.4 Å². The van der Waals surface area contributed by atoms with Crippen LogP contribution in [-0.2, 0) is 0 Å².